The van der Waals surface area contributed by atoms with Gasteiger partial charge in [0.25, 0.3) is 0 Å². The van der Waals surface area contributed by atoms with Gasteiger partial charge in [-0.05, 0) is 87.0 Å². The molecule has 0 aliphatic heterocycles. The number of hydrogen-bond acceptors (Lipinski definition) is 1. The zero-order chi connectivity index (χ0) is 13.7. The van der Waals surface area contributed by atoms with Gasteiger partial charge >= 0.3 is 0 Å². The quantitative estimate of drug-likeness (QED) is 0.780. The highest BCUT2D eigenvalue weighted by molar-refractivity contribution is 5.05. The Morgan fingerprint density at radius 1 is 1.00 bits per heavy atom. The smallest absolute Gasteiger partial charge is 0.00954 e. The topological polar surface area (TPSA) is 12.0 Å². The van der Waals surface area contributed by atoms with E-state index in [1.807, 2.05) is 0 Å². The van der Waals surface area contributed by atoms with Crippen LogP contribution in [0.3, 0.4) is 0 Å². The summed E-state index contributed by atoms with van der Waals surface area (Å²) in [6, 6.07) is 0.739. The minimum absolute atomic E-state index is 0.466. The highest BCUT2D eigenvalue weighted by Crippen LogP contribution is 2.61. The van der Waals surface area contributed by atoms with Gasteiger partial charge in [-0.25, -0.2) is 0 Å². The van der Waals surface area contributed by atoms with Gasteiger partial charge in [-0.2, -0.15) is 0 Å². The van der Waals surface area contributed by atoms with E-state index in [4.69, 9.17) is 0 Å². The number of nitrogens with one attached hydrogen (secondary N) is 1. The van der Waals surface area contributed by atoms with Crippen molar-refractivity contribution in [2.75, 3.05) is 6.54 Å². The van der Waals surface area contributed by atoms with Crippen molar-refractivity contribution in [3.05, 3.63) is 0 Å². The largest absolute Gasteiger partial charge is 0.314 e. The van der Waals surface area contributed by atoms with E-state index in [0.717, 1.165) is 23.8 Å². The van der Waals surface area contributed by atoms with E-state index in [-0.39, 0.29) is 0 Å². The molecule has 1 N–H and O–H groups in total. The third kappa shape index (κ3) is 2.86. The van der Waals surface area contributed by atoms with Crippen LogP contribution in [-0.2, 0) is 0 Å². The van der Waals surface area contributed by atoms with Crippen LogP contribution in [0.2, 0.25) is 0 Å². The predicted octanol–water partition coefficient (Wildman–Crippen LogP) is 4.62. The van der Waals surface area contributed by atoms with Gasteiger partial charge in [0.2, 0.25) is 0 Å². The Morgan fingerprint density at radius 3 is 1.89 bits per heavy atom. The van der Waals surface area contributed by atoms with Crippen molar-refractivity contribution in [1.82, 2.24) is 5.32 Å². The molecular formula is C18H33N. The molecule has 0 saturated heterocycles. The monoisotopic (exact) mass is 263 g/mol. The molecule has 0 aromatic carbocycles. The lowest BCUT2D eigenvalue weighted by atomic mass is 9.48. The Kier molecular flexibility index (Phi) is 3.48. The molecule has 1 heteroatoms. The molecule has 4 bridgehead atoms. The van der Waals surface area contributed by atoms with Gasteiger partial charge in [0.15, 0.2) is 0 Å². The summed E-state index contributed by atoms with van der Waals surface area (Å²) in [7, 11) is 0. The fourth-order valence-corrected chi connectivity index (χ4v) is 5.59. The number of hydrogen-bond donors (Lipinski definition) is 1. The highest BCUT2D eigenvalue weighted by atomic mass is 14.9. The SMILES string of the molecule is CC(NCCC(C)(C)C)C12CC3CC(CC(C3)C1)C2. The van der Waals surface area contributed by atoms with E-state index in [0.29, 0.717) is 10.8 Å². The second kappa shape index (κ2) is 4.76. The van der Waals surface area contributed by atoms with Gasteiger partial charge in [0.05, 0.1) is 0 Å². The van der Waals surface area contributed by atoms with E-state index < -0.39 is 0 Å². The second-order valence-corrected chi connectivity index (χ2v) is 9.27. The molecule has 4 aliphatic carbocycles. The van der Waals surface area contributed by atoms with Crippen molar-refractivity contribution in [2.24, 2.45) is 28.6 Å². The molecule has 0 aromatic heterocycles. The first-order chi connectivity index (χ1) is 8.86. The first-order valence-electron chi connectivity index (χ1n) is 8.60. The summed E-state index contributed by atoms with van der Waals surface area (Å²) >= 11 is 0. The fraction of sp³-hybridized carbons (Fsp3) is 1.00. The van der Waals surface area contributed by atoms with E-state index in [1.54, 1.807) is 19.3 Å². The van der Waals surface area contributed by atoms with Crippen molar-refractivity contribution in [3.8, 4) is 0 Å². The molecule has 1 nitrogen and oxygen atoms in total. The van der Waals surface area contributed by atoms with E-state index >= 15 is 0 Å². The van der Waals surface area contributed by atoms with E-state index in [2.05, 4.69) is 33.0 Å². The molecule has 1 unspecified atom stereocenters. The Balaban J connectivity index is 1.58. The molecular weight excluding hydrogens is 230 g/mol. The van der Waals surface area contributed by atoms with Crippen LogP contribution in [0.1, 0.15) is 72.6 Å². The van der Waals surface area contributed by atoms with Gasteiger partial charge < -0.3 is 5.32 Å². The average molecular weight is 263 g/mol. The van der Waals surface area contributed by atoms with Crippen LogP contribution in [0.5, 0.6) is 0 Å². The van der Waals surface area contributed by atoms with Crippen molar-refractivity contribution in [1.29, 1.82) is 0 Å². The first kappa shape index (κ1) is 13.9. The third-order valence-electron chi connectivity index (χ3n) is 6.33. The summed E-state index contributed by atoms with van der Waals surface area (Å²) in [4.78, 5) is 0. The molecule has 0 amide bonds. The van der Waals surface area contributed by atoms with Crippen LogP contribution >= 0.6 is 0 Å². The Bertz CT molecular complexity index is 290. The zero-order valence-electron chi connectivity index (χ0n) is 13.5. The normalized spacial score (nSPS) is 42.6. The standard InChI is InChI=1S/C18H33N/c1-13(19-6-5-17(2,3)4)18-10-14-7-15(11-18)9-16(8-14)12-18/h13-16,19H,5-12H2,1-4H3. The van der Waals surface area contributed by atoms with Crippen molar-refractivity contribution in [3.63, 3.8) is 0 Å². The lowest BCUT2D eigenvalue weighted by Gasteiger charge is -2.59. The van der Waals surface area contributed by atoms with Crippen molar-refractivity contribution >= 4 is 0 Å². The van der Waals surface area contributed by atoms with Gasteiger partial charge in [0, 0.05) is 6.04 Å². The zero-order valence-corrected chi connectivity index (χ0v) is 13.5. The Labute approximate surface area is 119 Å². The summed E-state index contributed by atoms with van der Waals surface area (Å²) in [6.07, 6.45) is 10.6. The molecule has 0 spiro atoms. The maximum atomic E-state index is 3.90. The predicted molar refractivity (Wildman–Crippen MR) is 82.1 cm³/mol. The lowest BCUT2D eigenvalue weighted by molar-refractivity contribution is -0.0705. The van der Waals surface area contributed by atoms with Crippen LogP contribution in [0, 0.1) is 28.6 Å². The molecule has 0 aromatic rings. The van der Waals surface area contributed by atoms with Crippen LogP contribution in [-0.4, -0.2) is 12.6 Å². The van der Waals surface area contributed by atoms with E-state index in [1.165, 1.54) is 32.2 Å². The van der Waals surface area contributed by atoms with Gasteiger partial charge in [-0.3, -0.25) is 0 Å². The molecule has 1 atom stereocenters. The third-order valence-corrected chi connectivity index (χ3v) is 6.33. The first-order valence-corrected chi connectivity index (χ1v) is 8.60. The summed E-state index contributed by atoms with van der Waals surface area (Å²) in [5.41, 5.74) is 1.14. The van der Waals surface area contributed by atoms with Crippen LogP contribution in [0.15, 0.2) is 0 Å². The van der Waals surface area contributed by atoms with Gasteiger partial charge in [-0.1, -0.05) is 20.8 Å². The van der Waals surface area contributed by atoms with E-state index in [9.17, 15) is 0 Å². The van der Waals surface area contributed by atoms with Gasteiger partial charge in [-0.15, -0.1) is 0 Å². The maximum Gasteiger partial charge on any atom is 0.00954 e. The lowest BCUT2D eigenvalue weighted by Crippen LogP contribution is -2.55. The minimum Gasteiger partial charge on any atom is -0.314 e. The summed E-state index contributed by atoms with van der Waals surface area (Å²) in [5.74, 6) is 3.24. The highest BCUT2D eigenvalue weighted by Gasteiger charge is 2.52. The molecule has 0 heterocycles. The van der Waals surface area contributed by atoms with Crippen LogP contribution in [0.4, 0.5) is 0 Å². The molecule has 4 aliphatic rings. The summed E-state index contributed by atoms with van der Waals surface area (Å²) in [5, 5.41) is 3.90. The van der Waals surface area contributed by atoms with Crippen LogP contribution in [0.25, 0.3) is 0 Å². The average Bonchev–Trinajstić information content (AvgIpc) is 2.25. The van der Waals surface area contributed by atoms with Crippen LogP contribution < -0.4 is 5.32 Å². The molecule has 4 rings (SSSR count). The Morgan fingerprint density at radius 2 is 1.47 bits per heavy atom. The molecule has 19 heavy (non-hydrogen) atoms. The molecule has 110 valence electrons. The number of rotatable bonds is 4. The second-order valence-electron chi connectivity index (χ2n) is 9.27. The summed E-state index contributed by atoms with van der Waals surface area (Å²) in [6.45, 7) is 10.7. The summed E-state index contributed by atoms with van der Waals surface area (Å²) < 4.78 is 0. The minimum atomic E-state index is 0.466. The van der Waals surface area contributed by atoms with Crippen molar-refractivity contribution < 1.29 is 0 Å². The van der Waals surface area contributed by atoms with Gasteiger partial charge in [0.1, 0.15) is 0 Å². The molecule has 4 saturated carbocycles. The van der Waals surface area contributed by atoms with Crippen molar-refractivity contribution in [2.45, 2.75) is 78.7 Å². The Hall–Kier alpha value is -0.0400. The molecule has 0 radical (unpaired) electrons. The fourth-order valence-electron chi connectivity index (χ4n) is 5.59. The molecule has 4 fully saturated rings. The maximum absolute atomic E-state index is 3.90.